The Kier molecular flexibility index (Phi) is 7.41. The molecule has 0 aliphatic carbocycles. The molecule has 0 amide bonds. The minimum atomic E-state index is -0.404. The molecule has 0 radical (unpaired) electrons. The van der Waals surface area contributed by atoms with E-state index >= 15 is 0 Å². The third-order valence-electron chi connectivity index (χ3n) is 4.80. The molecule has 0 bridgehead atoms. The van der Waals surface area contributed by atoms with Crippen molar-refractivity contribution in [1.29, 1.82) is 5.26 Å². The molecule has 8 heteroatoms. The second-order valence-corrected chi connectivity index (χ2v) is 8.86. The van der Waals surface area contributed by atoms with Crippen LogP contribution < -0.4 is 9.47 Å². The Morgan fingerprint density at radius 2 is 1.94 bits per heavy atom. The van der Waals surface area contributed by atoms with Crippen LogP contribution in [0.15, 0.2) is 41.8 Å². The zero-order valence-electron chi connectivity index (χ0n) is 17.0. The van der Waals surface area contributed by atoms with Crippen LogP contribution in [0.2, 0.25) is 5.02 Å². The Hall–Kier alpha value is -2.77. The third-order valence-corrected chi connectivity index (χ3v) is 6.05. The van der Waals surface area contributed by atoms with E-state index in [1.807, 2.05) is 30.3 Å². The maximum absolute atomic E-state index is 9.55. The molecule has 5 nitrogen and oxygen atoms in total. The predicted molar refractivity (Wildman–Crippen MR) is 124 cm³/mol. The average molecular weight is 472 g/mol. The minimum Gasteiger partial charge on any atom is -0.489 e. The largest absolute Gasteiger partial charge is 0.489 e. The van der Waals surface area contributed by atoms with Crippen LogP contribution in [0.4, 0.5) is 5.82 Å². The van der Waals surface area contributed by atoms with Gasteiger partial charge in [0.25, 0.3) is 5.82 Å². The van der Waals surface area contributed by atoms with Crippen molar-refractivity contribution < 1.29 is 9.47 Å². The van der Waals surface area contributed by atoms with Crippen molar-refractivity contribution in [2.75, 3.05) is 12.5 Å². The van der Waals surface area contributed by atoms with Crippen LogP contribution in [0.3, 0.4) is 0 Å². The second-order valence-electron chi connectivity index (χ2n) is 7.13. The van der Waals surface area contributed by atoms with E-state index in [-0.39, 0.29) is 6.61 Å². The Balaban J connectivity index is 1.79. The van der Waals surface area contributed by atoms with Gasteiger partial charge in [-0.2, -0.15) is 5.26 Å². The molecule has 3 rings (SSSR count). The molecule has 1 heterocycles. The van der Waals surface area contributed by atoms with Crippen LogP contribution in [-0.2, 0) is 12.0 Å². The Labute approximate surface area is 195 Å². The molecule has 3 aromatic rings. The van der Waals surface area contributed by atoms with Gasteiger partial charge in [0.2, 0.25) is 5.01 Å². The average Bonchev–Trinajstić information content (AvgIpc) is 3.24. The topological polar surface area (TPSA) is 59.5 Å². The van der Waals surface area contributed by atoms with Crippen LogP contribution >= 0.6 is 34.5 Å². The van der Waals surface area contributed by atoms with Gasteiger partial charge in [0.15, 0.2) is 12.4 Å². The van der Waals surface area contributed by atoms with E-state index in [2.05, 4.69) is 29.7 Å². The molecule has 0 spiro atoms. The number of benzene rings is 2. The zero-order valence-corrected chi connectivity index (χ0v) is 19.3. The van der Waals surface area contributed by atoms with E-state index in [4.69, 9.17) is 39.2 Å². The standard InChI is InChI=1S/C23H19Cl2N3O2S/c1-23(2,17-10-15(12-26)22(19(25)11-17)29-9-8-24)16-4-6-18(7-5-16)30-13-21-28-20(27-3)14-31-21/h4-7,10-11,14H,8-9,13H2,1-2H3. The van der Waals surface area contributed by atoms with Crippen molar-refractivity contribution in [3.8, 4) is 17.6 Å². The maximum Gasteiger partial charge on any atom is 0.280 e. The molecule has 158 valence electrons. The van der Waals surface area contributed by atoms with Crippen molar-refractivity contribution in [2.45, 2.75) is 25.9 Å². The van der Waals surface area contributed by atoms with E-state index in [0.29, 0.717) is 40.4 Å². The number of nitriles is 1. The first-order chi connectivity index (χ1) is 14.9. The maximum atomic E-state index is 9.55. The van der Waals surface area contributed by atoms with E-state index in [1.54, 1.807) is 11.4 Å². The van der Waals surface area contributed by atoms with Gasteiger partial charge < -0.3 is 14.3 Å². The predicted octanol–water partition coefficient (Wildman–Crippen LogP) is 6.74. The van der Waals surface area contributed by atoms with Crippen molar-refractivity contribution >= 4 is 40.4 Å². The number of aromatic nitrogens is 1. The molecular formula is C23H19Cl2N3O2S. The molecule has 0 saturated heterocycles. The molecule has 0 atom stereocenters. The van der Waals surface area contributed by atoms with E-state index in [1.165, 1.54) is 11.3 Å². The molecule has 31 heavy (non-hydrogen) atoms. The van der Waals surface area contributed by atoms with Gasteiger partial charge in [-0.1, -0.05) is 44.2 Å². The van der Waals surface area contributed by atoms with Gasteiger partial charge >= 0.3 is 0 Å². The number of nitrogens with zero attached hydrogens (tertiary/aromatic N) is 3. The Morgan fingerprint density at radius 1 is 1.19 bits per heavy atom. The zero-order chi connectivity index (χ0) is 22.4. The Morgan fingerprint density at radius 3 is 2.55 bits per heavy atom. The van der Waals surface area contributed by atoms with Gasteiger partial charge in [-0.05, 0) is 35.4 Å². The van der Waals surface area contributed by atoms with Crippen LogP contribution in [-0.4, -0.2) is 17.5 Å². The summed E-state index contributed by atoms with van der Waals surface area (Å²) in [5, 5.41) is 12.4. The number of alkyl halides is 1. The van der Waals surface area contributed by atoms with Crippen molar-refractivity contribution in [2.24, 2.45) is 0 Å². The summed E-state index contributed by atoms with van der Waals surface area (Å²) in [7, 11) is 0. The molecule has 0 saturated carbocycles. The highest BCUT2D eigenvalue weighted by atomic mass is 35.5. The van der Waals surface area contributed by atoms with Gasteiger partial charge in [0.1, 0.15) is 18.4 Å². The molecule has 1 aromatic heterocycles. The number of hydrogen-bond acceptors (Lipinski definition) is 5. The summed E-state index contributed by atoms with van der Waals surface area (Å²) in [4.78, 5) is 7.48. The number of hydrogen-bond donors (Lipinski definition) is 0. The summed E-state index contributed by atoms with van der Waals surface area (Å²) in [6, 6.07) is 13.6. The van der Waals surface area contributed by atoms with Crippen LogP contribution in [0.5, 0.6) is 11.5 Å². The van der Waals surface area contributed by atoms with Gasteiger partial charge in [-0.15, -0.1) is 27.9 Å². The quantitative estimate of drug-likeness (QED) is 0.269. The van der Waals surface area contributed by atoms with Crippen LogP contribution in [0.1, 0.15) is 35.5 Å². The summed E-state index contributed by atoms with van der Waals surface area (Å²) in [6.07, 6.45) is 0. The van der Waals surface area contributed by atoms with Crippen LogP contribution in [0.25, 0.3) is 4.85 Å². The molecular weight excluding hydrogens is 453 g/mol. The number of rotatable bonds is 8. The summed E-state index contributed by atoms with van der Waals surface area (Å²) in [5.74, 6) is 1.76. The van der Waals surface area contributed by atoms with Crippen molar-refractivity contribution in [3.05, 3.63) is 79.9 Å². The number of ether oxygens (including phenoxy) is 2. The summed E-state index contributed by atoms with van der Waals surface area (Å²) in [6.45, 7) is 11.7. The van der Waals surface area contributed by atoms with Crippen LogP contribution in [0, 0.1) is 17.9 Å². The fraction of sp³-hybridized carbons (Fsp3) is 0.261. The lowest BCUT2D eigenvalue weighted by atomic mass is 9.77. The SMILES string of the molecule is [C-]#[N+]c1csc(COc2ccc(C(C)(C)c3cc(Cl)c(OCCCl)c(C#N)c3)cc2)n1. The number of thiazole rings is 1. The lowest BCUT2D eigenvalue weighted by Crippen LogP contribution is -2.19. The lowest BCUT2D eigenvalue weighted by molar-refractivity contribution is 0.305. The first-order valence-electron chi connectivity index (χ1n) is 9.37. The summed E-state index contributed by atoms with van der Waals surface area (Å²) in [5.41, 5.74) is 1.91. The first-order valence-corrected chi connectivity index (χ1v) is 11.2. The fourth-order valence-electron chi connectivity index (χ4n) is 3.02. The molecule has 0 aliphatic rings. The minimum absolute atomic E-state index is 0.278. The normalized spacial score (nSPS) is 10.9. The summed E-state index contributed by atoms with van der Waals surface area (Å²) < 4.78 is 11.3. The van der Waals surface area contributed by atoms with Gasteiger partial charge in [-0.25, -0.2) is 0 Å². The highest BCUT2D eigenvalue weighted by Crippen LogP contribution is 2.38. The third kappa shape index (κ3) is 5.29. The fourth-order valence-corrected chi connectivity index (χ4v) is 3.99. The monoisotopic (exact) mass is 471 g/mol. The highest BCUT2D eigenvalue weighted by molar-refractivity contribution is 7.10. The highest BCUT2D eigenvalue weighted by Gasteiger charge is 2.26. The molecule has 0 unspecified atom stereocenters. The van der Waals surface area contributed by atoms with Crippen molar-refractivity contribution in [3.63, 3.8) is 0 Å². The van der Waals surface area contributed by atoms with Gasteiger partial charge in [0.05, 0.1) is 16.5 Å². The smallest absolute Gasteiger partial charge is 0.280 e. The van der Waals surface area contributed by atoms with E-state index in [9.17, 15) is 5.26 Å². The molecule has 0 aliphatic heterocycles. The van der Waals surface area contributed by atoms with Gasteiger partial charge in [0, 0.05) is 10.8 Å². The van der Waals surface area contributed by atoms with Crippen molar-refractivity contribution in [1.82, 2.24) is 4.98 Å². The Bertz CT molecular complexity index is 1150. The second kappa shape index (κ2) is 10.0. The number of halogens is 2. The lowest BCUT2D eigenvalue weighted by Gasteiger charge is -2.27. The van der Waals surface area contributed by atoms with E-state index < -0.39 is 5.41 Å². The molecule has 2 aromatic carbocycles. The molecule has 0 N–H and O–H groups in total. The van der Waals surface area contributed by atoms with Gasteiger partial charge in [-0.3, -0.25) is 0 Å². The first kappa shape index (κ1) is 22.9. The molecule has 0 fully saturated rings. The summed E-state index contributed by atoms with van der Waals surface area (Å²) >= 11 is 13.5. The van der Waals surface area contributed by atoms with E-state index in [0.717, 1.165) is 16.1 Å².